The highest BCUT2D eigenvalue weighted by Gasteiger charge is 2.25. The van der Waals surface area contributed by atoms with Crippen molar-refractivity contribution in [3.05, 3.63) is 34.9 Å². The lowest BCUT2D eigenvalue weighted by molar-refractivity contribution is 0.560. The molecule has 2 atom stereocenters. The Labute approximate surface area is 96.7 Å². The van der Waals surface area contributed by atoms with E-state index in [1.165, 1.54) is 28.9 Å². The molecule has 2 rings (SSSR count). The van der Waals surface area contributed by atoms with Gasteiger partial charge >= 0.3 is 0 Å². The van der Waals surface area contributed by atoms with Gasteiger partial charge in [-0.2, -0.15) is 0 Å². The fourth-order valence-corrected chi connectivity index (χ4v) is 3.46. The molecule has 1 saturated heterocycles. The van der Waals surface area contributed by atoms with Crippen LogP contribution < -0.4 is 5.32 Å². The molecule has 1 aliphatic rings. The van der Waals surface area contributed by atoms with Crippen LogP contribution in [0.15, 0.2) is 18.2 Å². The molecule has 1 heterocycles. The molecule has 15 heavy (non-hydrogen) atoms. The van der Waals surface area contributed by atoms with Crippen LogP contribution in [-0.4, -0.2) is 11.8 Å². The average Bonchev–Trinajstić information content (AvgIpc) is 2.70. The van der Waals surface area contributed by atoms with Crippen molar-refractivity contribution >= 4 is 11.8 Å². The zero-order valence-electron chi connectivity index (χ0n) is 9.71. The lowest BCUT2D eigenvalue weighted by atomic mass is 10.1. The van der Waals surface area contributed by atoms with Gasteiger partial charge in [0.2, 0.25) is 0 Å². The second-order valence-corrected chi connectivity index (χ2v) is 5.48. The van der Waals surface area contributed by atoms with E-state index >= 15 is 0 Å². The predicted molar refractivity (Wildman–Crippen MR) is 68.3 cm³/mol. The normalized spacial score (nSPS) is 25.8. The minimum Gasteiger partial charge on any atom is -0.298 e. The molecule has 0 spiro atoms. The number of nitrogens with one attached hydrogen (secondary N) is 1. The molecule has 0 aromatic heterocycles. The first-order valence-electron chi connectivity index (χ1n) is 5.65. The van der Waals surface area contributed by atoms with E-state index in [0.29, 0.717) is 11.4 Å². The SMILES string of the molecule is CCC1CSC(c2cc(C)ccc2C)N1. The van der Waals surface area contributed by atoms with E-state index in [4.69, 9.17) is 0 Å². The third-order valence-corrected chi connectivity index (χ3v) is 4.38. The van der Waals surface area contributed by atoms with Gasteiger partial charge in [-0.05, 0) is 31.4 Å². The maximum absolute atomic E-state index is 3.69. The maximum Gasteiger partial charge on any atom is 0.0795 e. The van der Waals surface area contributed by atoms with Crippen molar-refractivity contribution in [3.63, 3.8) is 0 Å². The van der Waals surface area contributed by atoms with E-state index in [-0.39, 0.29) is 0 Å². The van der Waals surface area contributed by atoms with Crippen molar-refractivity contribution in [2.45, 2.75) is 38.6 Å². The third-order valence-electron chi connectivity index (χ3n) is 3.06. The summed E-state index contributed by atoms with van der Waals surface area (Å²) < 4.78 is 0. The Morgan fingerprint density at radius 1 is 1.40 bits per heavy atom. The maximum atomic E-state index is 3.69. The number of thioether (sulfide) groups is 1. The summed E-state index contributed by atoms with van der Waals surface area (Å²) in [5.74, 6) is 1.24. The minimum absolute atomic E-state index is 0.509. The highest BCUT2D eigenvalue weighted by atomic mass is 32.2. The molecule has 0 radical (unpaired) electrons. The molecule has 1 aliphatic heterocycles. The Morgan fingerprint density at radius 3 is 2.87 bits per heavy atom. The fraction of sp³-hybridized carbons (Fsp3) is 0.538. The van der Waals surface area contributed by atoms with E-state index in [9.17, 15) is 0 Å². The molecule has 2 unspecified atom stereocenters. The summed E-state index contributed by atoms with van der Waals surface area (Å²) in [7, 11) is 0. The molecule has 0 amide bonds. The Morgan fingerprint density at radius 2 is 2.20 bits per heavy atom. The van der Waals surface area contributed by atoms with Crippen LogP contribution in [0.25, 0.3) is 0 Å². The smallest absolute Gasteiger partial charge is 0.0795 e. The number of hydrogen-bond donors (Lipinski definition) is 1. The zero-order valence-corrected chi connectivity index (χ0v) is 10.5. The van der Waals surface area contributed by atoms with Gasteiger partial charge in [0.05, 0.1) is 5.37 Å². The van der Waals surface area contributed by atoms with Crippen LogP contribution in [0.4, 0.5) is 0 Å². The van der Waals surface area contributed by atoms with Crippen molar-refractivity contribution in [2.24, 2.45) is 0 Å². The van der Waals surface area contributed by atoms with E-state index in [2.05, 4.69) is 44.3 Å². The van der Waals surface area contributed by atoms with Crippen LogP contribution in [0.5, 0.6) is 0 Å². The highest BCUT2D eigenvalue weighted by molar-refractivity contribution is 7.99. The summed E-state index contributed by atoms with van der Waals surface area (Å²) in [5.41, 5.74) is 4.23. The first kappa shape index (κ1) is 11.0. The van der Waals surface area contributed by atoms with E-state index in [0.717, 1.165) is 0 Å². The van der Waals surface area contributed by atoms with Gasteiger partial charge in [-0.15, -0.1) is 11.8 Å². The quantitative estimate of drug-likeness (QED) is 0.821. The van der Waals surface area contributed by atoms with Gasteiger partial charge in [-0.25, -0.2) is 0 Å². The van der Waals surface area contributed by atoms with Crippen LogP contribution in [-0.2, 0) is 0 Å². The van der Waals surface area contributed by atoms with Gasteiger partial charge in [0.15, 0.2) is 0 Å². The van der Waals surface area contributed by atoms with Crippen molar-refractivity contribution < 1.29 is 0 Å². The standard InChI is InChI=1S/C13H19NS/c1-4-11-8-15-13(14-11)12-7-9(2)5-6-10(12)3/h5-7,11,13-14H,4,8H2,1-3H3. The topological polar surface area (TPSA) is 12.0 Å². The first-order valence-corrected chi connectivity index (χ1v) is 6.70. The second kappa shape index (κ2) is 4.58. The van der Waals surface area contributed by atoms with Gasteiger partial charge in [-0.3, -0.25) is 5.32 Å². The molecule has 1 fully saturated rings. The zero-order chi connectivity index (χ0) is 10.8. The van der Waals surface area contributed by atoms with Gasteiger partial charge in [0.25, 0.3) is 0 Å². The van der Waals surface area contributed by atoms with Crippen molar-refractivity contribution in [1.82, 2.24) is 5.32 Å². The Bertz CT molecular complexity index is 348. The Balaban J connectivity index is 2.19. The molecule has 82 valence electrons. The fourth-order valence-electron chi connectivity index (χ4n) is 1.98. The summed E-state index contributed by atoms with van der Waals surface area (Å²) in [4.78, 5) is 0. The number of aryl methyl sites for hydroxylation is 2. The van der Waals surface area contributed by atoms with Crippen molar-refractivity contribution in [1.29, 1.82) is 0 Å². The number of hydrogen-bond acceptors (Lipinski definition) is 2. The summed E-state index contributed by atoms with van der Waals surface area (Å²) >= 11 is 2.04. The average molecular weight is 221 g/mol. The molecule has 0 bridgehead atoms. The highest BCUT2D eigenvalue weighted by Crippen LogP contribution is 2.35. The van der Waals surface area contributed by atoms with E-state index in [1.54, 1.807) is 0 Å². The van der Waals surface area contributed by atoms with E-state index in [1.807, 2.05) is 11.8 Å². The molecule has 1 aromatic carbocycles. The third kappa shape index (κ3) is 2.37. The molecule has 0 saturated carbocycles. The second-order valence-electron chi connectivity index (χ2n) is 4.35. The monoisotopic (exact) mass is 221 g/mol. The van der Waals surface area contributed by atoms with Crippen LogP contribution in [0.2, 0.25) is 0 Å². The van der Waals surface area contributed by atoms with Crippen molar-refractivity contribution in [2.75, 3.05) is 5.75 Å². The number of benzene rings is 1. The summed E-state index contributed by atoms with van der Waals surface area (Å²) in [5, 5.41) is 4.20. The molecule has 2 heteroatoms. The molecular formula is C13H19NS. The molecule has 1 N–H and O–H groups in total. The van der Waals surface area contributed by atoms with Crippen LogP contribution in [0, 0.1) is 13.8 Å². The number of rotatable bonds is 2. The Hall–Kier alpha value is -0.470. The van der Waals surface area contributed by atoms with Crippen LogP contribution in [0.3, 0.4) is 0 Å². The van der Waals surface area contributed by atoms with E-state index < -0.39 is 0 Å². The summed E-state index contributed by atoms with van der Waals surface area (Å²) in [6.07, 6.45) is 1.23. The summed E-state index contributed by atoms with van der Waals surface area (Å²) in [6, 6.07) is 7.43. The lowest BCUT2D eigenvalue weighted by Gasteiger charge is -2.15. The minimum atomic E-state index is 0.509. The van der Waals surface area contributed by atoms with Crippen LogP contribution in [0.1, 0.15) is 35.4 Å². The lowest BCUT2D eigenvalue weighted by Crippen LogP contribution is -2.25. The van der Waals surface area contributed by atoms with Crippen LogP contribution >= 0.6 is 11.8 Å². The largest absolute Gasteiger partial charge is 0.298 e. The van der Waals surface area contributed by atoms with Crippen molar-refractivity contribution in [3.8, 4) is 0 Å². The molecule has 1 nitrogen and oxygen atoms in total. The molecular weight excluding hydrogens is 202 g/mol. The van der Waals surface area contributed by atoms with Gasteiger partial charge in [0.1, 0.15) is 0 Å². The summed E-state index contributed by atoms with van der Waals surface area (Å²) in [6.45, 7) is 6.62. The predicted octanol–water partition coefficient (Wildman–Crippen LogP) is 3.42. The molecule has 1 aromatic rings. The van der Waals surface area contributed by atoms with Gasteiger partial charge < -0.3 is 0 Å². The molecule has 0 aliphatic carbocycles. The van der Waals surface area contributed by atoms with Gasteiger partial charge in [0, 0.05) is 11.8 Å². The van der Waals surface area contributed by atoms with Gasteiger partial charge in [-0.1, -0.05) is 30.7 Å². The Kier molecular flexibility index (Phi) is 3.37. The first-order chi connectivity index (χ1) is 7.20.